The van der Waals surface area contributed by atoms with Crippen molar-refractivity contribution in [2.45, 2.75) is 6.04 Å². The first-order valence-electron chi connectivity index (χ1n) is 6.90. The highest BCUT2D eigenvalue weighted by Gasteiger charge is 2.34. The lowest BCUT2D eigenvalue weighted by atomic mass is 10.2. The number of hydrogen-bond acceptors (Lipinski definition) is 5. The molecule has 1 N–H and O–H groups in total. The minimum absolute atomic E-state index is 0.0113. The van der Waals surface area contributed by atoms with Crippen LogP contribution in [0.5, 0.6) is 0 Å². The summed E-state index contributed by atoms with van der Waals surface area (Å²) in [5.41, 5.74) is 0.966. The first-order chi connectivity index (χ1) is 11.1. The molecule has 120 valence electrons. The Morgan fingerprint density at radius 2 is 2.17 bits per heavy atom. The van der Waals surface area contributed by atoms with E-state index in [4.69, 9.17) is 16.3 Å². The molecule has 2 heterocycles. The fourth-order valence-corrected chi connectivity index (χ4v) is 3.44. The number of ether oxygens (including phenoxy) is 1. The Kier molecular flexibility index (Phi) is 4.61. The fourth-order valence-electron chi connectivity index (χ4n) is 2.33. The summed E-state index contributed by atoms with van der Waals surface area (Å²) in [6.45, 7) is 0.536. The van der Waals surface area contributed by atoms with Gasteiger partial charge in [-0.05, 0) is 6.07 Å². The van der Waals surface area contributed by atoms with Crippen LogP contribution in [-0.4, -0.2) is 52.7 Å². The molecule has 1 fully saturated rings. The van der Waals surface area contributed by atoms with Crippen molar-refractivity contribution < 1.29 is 19.4 Å². The van der Waals surface area contributed by atoms with E-state index in [0.717, 1.165) is 5.56 Å². The molecule has 0 bridgehead atoms. The molecule has 0 saturated carbocycles. The van der Waals surface area contributed by atoms with Crippen molar-refractivity contribution in [3.05, 3.63) is 40.4 Å². The number of carbonyl (C=O) groups excluding carboxylic acids is 1. The minimum atomic E-state index is -1.08. The van der Waals surface area contributed by atoms with Crippen molar-refractivity contribution in [2.75, 3.05) is 19.8 Å². The SMILES string of the molecule is O=C(O)C1COCCN1C(=O)c1csc(-c2ccccc2Cl)n1. The molecular weight excluding hydrogens is 340 g/mol. The zero-order valence-corrected chi connectivity index (χ0v) is 13.5. The van der Waals surface area contributed by atoms with E-state index in [-0.39, 0.29) is 18.8 Å². The first-order valence-corrected chi connectivity index (χ1v) is 8.15. The molecule has 1 aromatic carbocycles. The molecule has 2 aromatic rings. The van der Waals surface area contributed by atoms with Gasteiger partial charge < -0.3 is 14.7 Å². The highest BCUT2D eigenvalue weighted by atomic mass is 35.5. The normalized spacial score (nSPS) is 18.0. The third-order valence-corrected chi connectivity index (χ3v) is 4.71. The molecule has 8 heteroatoms. The molecule has 1 amide bonds. The van der Waals surface area contributed by atoms with Gasteiger partial charge in [0, 0.05) is 17.5 Å². The number of amides is 1. The predicted molar refractivity (Wildman–Crippen MR) is 85.8 cm³/mol. The molecule has 0 radical (unpaired) electrons. The summed E-state index contributed by atoms with van der Waals surface area (Å²) >= 11 is 7.44. The summed E-state index contributed by atoms with van der Waals surface area (Å²) in [7, 11) is 0. The van der Waals surface area contributed by atoms with Gasteiger partial charge in [0.15, 0.2) is 6.04 Å². The van der Waals surface area contributed by atoms with Crippen LogP contribution in [0.4, 0.5) is 0 Å². The second-order valence-electron chi connectivity index (χ2n) is 4.95. The van der Waals surface area contributed by atoms with Crippen LogP contribution in [0.2, 0.25) is 5.02 Å². The molecule has 1 aliphatic heterocycles. The van der Waals surface area contributed by atoms with Gasteiger partial charge in [-0.3, -0.25) is 4.79 Å². The van der Waals surface area contributed by atoms with Gasteiger partial charge >= 0.3 is 5.97 Å². The summed E-state index contributed by atoms with van der Waals surface area (Å²) < 4.78 is 5.14. The summed E-state index contributed by atoms with van der Waals surface area (Å²) in [4.78, 5) is 29.4. The van der Waals surface area contributed by atoms with E-state index < -0.39 is 17.9 Å². The number of morpholine rings is 1. The number of aliphatic carboxylic acids is 1. The average Bonchev–Trinajstić information content (AvgIpc) is 3.04. The van der Waals surface area contributed by atoms with E-state index in [1.165, 1.54) is 16.2 Å². The Hall–Kier alpha value is -1.96. The predicted octanol–water partition coefficient (Wildman–Crippen LogP) is 2.39. The Balaban J connectivity index is 1.86. The molecule has 0 spiro atoms. The first kappa shape index (κ1) is 15.9. The molecule has 1 aliphatic rings. The number of carboxylic acids is 1. The molecule has 6 nitrogen and oxygen atoms in total. The van der Waals surface area contributed by atoms with Gasteiger partial charge in [0.2, 0.25) is 0 Å². The van der Waals surface area contributed by atoms with Crippen molar-refractivity contribution >= 4 is 34.8 Å². The van der Waals surface area contributed by atoms with Gasteiger partial charge in [-0.15, -0.1) is 11.3 Å². The molecular formula is C15H13ClN2O4S. The molecule has 1 unspecified atom stereocenters. The van der Waals surface area contributed by atoms with E-state index >= 15 is 0 Å². The number of rotatable bonds is 3. The molecule has 23 heavy (non-hydrogen) atoms. The highest BCUT2D eigenvalue weighted by Crippen LogP contribution is 2.30. The van der Waals surface area contributed by atoms with Crippen molar-refractivity contribution in [1.29, 1.82) is 0 Å². The quantitative estimate of drug-likeness (QED) is 0.917. The van der Waals surface area contributed by atoms with Gasteiger partial charge in [-0.25, -0.2) is 9.78 Å². The highest BCUT2D eigenvalue weighted by molar-refractivity contribution is 7.13. The topological polar surface area (TPSA) is 79.7 Å². The lowest BCUT2D eigenvalue weighted by molar-refractivity contribution is -0.147. The number of carbonyl (C=O) groups is 2. The number of aromatic nitrogens is 1. The van der Waals surface area contributed by atoms with Crippen molar-refractivity contribution in [3.63, 3.8) is 0 Å². The van der Waals surface area contributed by atoms with Crippen LogP contribution in [0.25, 0.3) is 10.6 Å². The van der Waals surface area contributed by atoms with E-state index in [1.54, 1.807) is 11.4 Å². The summed E-state index contributed by atoms with van der Waals surface area (Å²) in [5.74, 6) is -1.49. The maximum absolute atomic E-state index is 12.6. The number of thiazole rings is 1. The van der Waals surface area contributed by atoms with Crippen LogP contribution in [0.1, 0.15) is 10.5 Å². The lowest BCUT2D eigenvalue weighted by Crippen LogP contribution is -2.52. The van der Waals surface area contributed by atoms with Crippen LogP contribution in [0.15, 0.2) is 29.6 Å². The van der Waals surface area contributed by atoms with Crippen LogP contribution in [0.3, 0.4) is 0 Å². The summed E-state index contributed by atoms with van der Waals surface area (Å²) in [5, 5.41) is 12.0. The number of nitrogens with zero attached hydrogens (tertiary/aromatic N) is 2. The number of halogens is 1. The number of benzene rings is 1. The number of carboxylic acid groups (broad SMARTS) is 1. The molecule has 1 saturated heterocycles. The van der Waals surface area contributed by atoms with Crippen molar-refractivity contribution in [1.82, 2.24) is 9.88 Å². The summed E-state index contributed by atoms with van der Waals surface area (Å²) in [6.07, 6.45) is 0. The van der Waals surface area contributed by atoms with E-state index in [0.29, 0.717) is 16.6 Å². The third kappa shape index (κ3) is 3.21. The van der Waals surface area contributed by atoms with Crippen molar-refractivity contribution in [2.24, 2.45) is 0 Å². The molecule has 0 aliphatic carbocycles. The van der Waals surface area contributed by atoms with Crippen LogP contribution in [0, 0.1) is 0 Å². The van der Waals surface area contributed by atoms with E-state index in [2.05, 4.69) is 4.98 Å². The minimum Gasteiger partial charge on any atom is -0.480 e. The van der Waals surface area contributed by atoms with E-state index in [9.17, 15) is 14.7 Å². The van der Waals surface area contributed by atoms with Crippen molar-refractivity contribution in [3.8, 4) is 10.6 Å². The van der Waals surface area contributed by atoms with Gasteiger partial charge in [0.25, 0.3) is 5.91 Å². The summed E-state index contributed by atoms with van der Waals surface area (Å²) in [6, 6.07) is 6.25. The second kappa shape index (κ2) is 6.66. The lowest BCUT2D eigenvalue weighted by Gasteiger charge is -2.32. The Morgan fingerprint density at radius 1 is 1.39 bits per heavy atom. The largest absolute Gasteiger partial charge is 0.480 e. The molecule has 1 aromatic heterocycles. The smallest absolute Gasteiger partial charge is 0.328 e. The third-order valence-electron chi connectivity index (χ3n) is 3.50. The Morgan fingerprint density at radius 3 is 2.91 bits per heavy atom. The standard InChI is InChI=1S/C15H13ClN2O4S/c16-10-4-2-1-3-9(10)13-17-11(8-23-13)14(19)18-5-6-22-7-12(18)15(20)21/h1-4,8,12H,5-7H2,(H,20,21). The Bertz CT molecular complexity index is 749. The monoisotopic (exact) mass is 352 g/mol. The average molecular weight is 353 g/mol. The Labute approximate surface area is 141 Å². The zero-order valence-electron chi connectivity index (χ0n) is 11.9. The van der Waals surface area contributed by atoms with Crippen LogP contribution < -0.4 is 0 Å². The maximum Gasteiger partial charge on any atom is 0.328 e. The van der Waals surface area contributed by atoms with Gasteiger partial charge in [-0.2, -0.15) is 0 Å². The van der Waals surface area contributed by atoms with Crippen LogP contribution >= 0.6 is 22.9 Å². The number of hydrogen-bond donors (Lipinski definition) is 1. The van der Waals surface area contributed by atoms with Gasteiger partial charge in [0.05, 0.1) is 18.2 Å². The molecule has 1 atom stereocenters. The van der Waals surface area contributed by atoms with E-state index in [1.807, 2.05) is 18.2 Å². The second-order valence-corrected chi connectivity index (χ2v) is 6.21. The maximum atomic E-state index is 12.6. The van der Waals surface area contributed by atoms with Gasteiger partial charge in [0.1, 0.15) is 10.7 Å². The van der Waals surface area contributed by atoms with Gasteiger partial charge in [-0.1, -0.05) is 29.8 Å². The zero-order chi connectivity index (χ0) is 16.4. The molecule has 3 rings (SSSR count). The fraction of sp³-hybridized carbons (Fsp3) is 0.267. The van der Waals surface area contributed by atoms with Crippen LogP contribution in [-0.2, 0) is 9.53 Å².